The van der Waals surface area contributed by atoms with Gasteiger partial charge in [-0.05, 0) is 30.3 Å². The number of aromatic nitrogens is 5. The molecular weight excluding hydrogens is 577 g/mol. The SMILES string of the molecule is C=CC(=O)N1CC(Oc2cc3c(Nc4ccc(Oc5nc(-c6ccc(OC)nn6)cs5)cc4F)ncnc3cc2OC)C1. The highest BCUT2D eigenvalue weighted by atomic mass is 32.1. The average molecular weight is 602 g/mol. The fraction of sp³-hybridized carbons (Fsp3) is 0.172. The van der Waals surface area contributed by atoms with E-state index in [4.69, 9.17) is 18.9 Å². The number of nitrogens with one attached hydrogen (secondary N) is 1. The van der Waals surface area contributed by atoms with Crippen molar-refractivity contribution in [3.63, 3.8) is 0 Å². The van der Waals surface area contributed by atoms with E-state index in [1.54, 1.807) is 46.7 Å². The van der Waals surface area contributed by atoms with Gasteiger partial charge in [0.05, 0.1) is 38.5 Å². The number of anilines is 2. The number of hydrogen-bond donors (Lipinski definition) is 1. The number of carbonyl (C=O) groups excluding carboxylic acids is 1. The summed E-state index contributed by atoms with van der Waals surface area (Å²) in [7, 11) is 3.04. The Kier molecular flexibility index (Phi) is 7.66. The number of halogens is 1. The molecule has 218 valence electrons. The molecule has 0 unspecified atom stereocenters. The molecule has 5 aromatic rings. The predicted molar refractivity (Wildman–Crippen MR) is 157 cm³/mol. The number of hydrogen-bond acceptors (Lipinski definition) is 12. The Labute approximate surface area is 248 Å². The third kappa shape index (κ3) is 5.85. The number of thiazole rings is 1. The van der Waals surface area contributed by atoms with E-state index in [0.29, 0.717) is 63.8 Å². The van der Waals surface area contributed by atoms with E-state index in [0.717, 1.165) is 0 Å². The van der Waals surface area contributed by atoms with Crippen LogP contribution in [0.1, 0.15) is 0 Å². The summed E-state index contributed by atoms with van der Waals surface area (Å²) >= 11 is 1.25. The van der Waals surface area contributed by atoms with Gasteiger partial charge in [0, 0.05) is 29.0 Å². The lowest BCUT2D eigenvalue weighted by Crippen LogP contribution is -2.55. The molecule has 3 aromatic heterocycles. The fourth-order valence-electron chi connectivity index (χ4n) is 4.29. The van der Waals surface area contributed by atoms with Gasteiger partial charge in [0.15, 0.2) is 11.5 Å². The lowest BCUT2D eigenvalue weighted by atomic mass is 10.1. The Morgan fingerprint density at radius 1 is 1.07 bits per heavy atom. The normalized spacial score (nSPS) is 12.9. The monoisotopic (exact) mass is 601 g/mol. The maximum absolute atomic E-state index is 15.2. The van der Waals surface area contributed by atoms with Gasteiger partial charge in [-0.3, -0.25) is 4.79 Å². The number of carbonyl (C=O) groups is 1. The topological polar surface area (TPSA) is 134 Å². The van der Waals surface area contributed by atoms with Crippen LogP contribution in [0, 0.1) is 5.82 Å². The van der Waals surface area contributed by atoms with Gasteiger partial charge >= 0.3 is 0 Å². The molecule has 1 fully saturated rings. The van der Waals surface area contributed by atoms with E-state index in [-0.39, 0.29) is 23.4 Å². The molecule has 1 N–H and O–H groups in total. The van der Waals surface area contributed by atoms with Crippen LogP contribution in [0.15, 0.2) is 66.8 Å². The third-order valence-electron chi connectivity index (χ3n) is 6.54. The maximum atomic E-state index is 15.2. The van der Waals surface area contributed by atoms with Gasteiger partial charge in [0.1, 0.15) is 41.2 Å². The molecule has 0 bridgehead atoms. The minimum Gasteiger partial charge on any atom is -0.493 e. The maximum Gasteiger partial charge on any atom is 0.279 e. The summed E-state index contributed by atoms with van der Waals surface area (Å²) in [4.78, 5) is 26.5. The van der Waals surface area contributed by atoms with Crippen LogP contribution >= 0.6 is 11.3 Å². The molecule has 0 saturated carbocycles. The van der Waals surface area contributed by atoms with Crippen LogP contribution in [-0.2, 0) is 4.79 Å². The van der Waals surface area contributed by atoms with Crippen LogP contribution in [0.2, 0.25) is 0 Å². The number of rotatable bonds is 10. The van der Waals surface area contributed by atoms with Crippen LogP contribution in [0.4, 0.5) is 15.9 Å². The smallest absolute Gasteiger partial charge is 0.279 e. The van der Waals surface area contributed by atoms with Gasteiger partial charge in [-0.1, -0.05) is 17.9 Å². The highest BCUT2D eigenvalue weighted by Crippen LogP contribution is 2.37. The Morgan fingerprint density at radius 3 is 2.65 bits per heavy atom. The molecule has 2 aromatic carbocycles. The second kappa shape index (κ2) is 11.9. The Balaban J connectivity index is 1.18. The van der Waals surface area contributed by atoms with Crippen molar-refractivity contribution in [1.82, 2.24) is 30.0 Å². The lowest BCUT2D eigenvalue weighted by molar-refractivity contribution is -0.134. The Bertz CT molecular complexity index is 1810. The fourth-order valence-corrected chi connectivity index (χ4v) is 4.97. The van der Waals surface area contributed by atoms with Crippen LogP contribution in [0.5, 0.6) is 28.3 Å². The predicted octanol–water partition coefficient (Wildman–Crippen LogP) is 5.01. The summed E-state index contributed by atoms with van der Waals surface area (Å²) in [6, 6.07) is 11.3. The first-order valence-corrected chi connectivity index (χ1v) is 13.8. The molecule has 1 saturated heterocycles. The summed E-state index contributed by atoms with van der Waals surface area (Å²) in [5, 5.41) is 13.7. The summed E-state index contributed by atoms with van der Waals surface area (Å²) in [5.41, 5.74) is 1.87. The molecule has 1 aliphatic rings. The van der Waals surface area contributed by atoms with E-state index in [1.165, 1.54) is 44.0 Å². The summed E-state index contributed by atoms with van der Waals surface area (Å²) in [6.07, 6.45) is 2.44. The van der Waals surface area contributed by atoms with Crippen molar-refractivity contribution in [2.24, 2.45) is 0 Å². The Morgan fingerprint density at radius 2 is 1.93 bits per heavy atom. The van der Waals surface area contributed by atoms with Crippen molar-refractivity contribution in [3.8, 4) is 39.7 Å². The highest BCUT2D eigenvalue weighted by molar-refractivity contribution is 7.11. The zero-order chi connectivity index (χ0) is 29.9. The third-order valence-corrected chi connectivity index (χ3v) is 7.26. The van der Waals surface area contributed by atoms with Crippen molar-refractivity contribution in [1.29, 1.82) is 0 Å². The zero-order valence-corrected chi connectivity index (χ0v) is 23.8. The largest absolute Gasteiger partial charge is 0.493 e. The molecule has 4 heterocycles. The molecule has 1 amide bonds. The number of methoxy groups -OCH3 is 2. The van der Waals surface area contributed by atoms with Crippen molar-refractivity contribution >= 4 is 39.7 Å². The number of likely N-dealkylation sites (tertiary alicyclic amines) is 1. The second-order valence-corrected chi connectivity index (χ2v) is 10.1. The van der Waals surface area contributed by atoms with Crippen molar-refractivity contribution in [2.45, 2.75) is 6.10 Å². The van der Waals surface area contributed by atoms with Crippen molar-refractivity contribution in [2.75, 3.05) is 32.6 Å². The van der Waals surface area contributed by atoms with Crippen molar-refractivity contribution in [3.05, 3.63) is 72.6 Å². The molecular formula is C29H24FN7O5S. The second-order valence-electron chi connectivity index (χ2n) is 9.26. The van der Waals surface area contributed by atoms with Crippen LogP contribution in [-0.4, -0.2) is 69.4 Å². The summed E-state index contributed by atoms with van der Waals surface area (Å²) < 4.78 is 37.6. The zero-order valence-electron chi connectivity index (χ0n) is 23.0. The van der Waals surface area contributed by atoms with E-state index < -0.39 is 5.82 Å². The first kappa shape index (κ1) is 27.8. The minimum absolute atomic E-state index is 0.150. The standard InChI is InChI=1S/C29H24FN7O5S/c1-4-27(38)37-12-17(13-37)41-25-10-18-22(11-24(25)39-2)31-15-32-28(18)33-20-6-5-16(9-19(20)30)42-29-34-23(14-43-29)21-7-8-26(40-3)36-35-21/h4-11,14-15,17H,1,12-13H2,2-3H3,(H,31,32,33). The number of ether oxygens (including phenoxy) is 4. The first-order valence-electron chi connectivity index (χ1n) is 12.9. The van der Waals surface area contributed by atoms with Crippen LogP contribution < -0.4 is 24.3 Å². The highest BCUT2D eigenvalue weighted by Gasteiger charge is 2.31. The number of fused-ring (bicyclic) bond motifs is 1. The molecule has 0 spiro atoms. The van der Waals surface area contributed by atoms with Crippen molar-refractivity contribution < 1.29 is 28.1 Å². The van der Waals surface area contributed by atoms with Crippen LogP contribution in [0.25, 0.3) is 22.3 Å². The molecule has 6 rings (SSSR count). The molecule has 43 heavy (non-hydrogen) atoms. The summed E-state index contributed by atoms with van der Waals surface area (Å²) in [5.74, 6) is 1.25. The molecule has 1 aliphatic heterocycles. The number of benzene rings is 2. The minimum atomic E-state index is -0.562. The molecule has 0 aliphatic carbocycles. The van der Waals surface area contributed by atoms with Crippen LogP contribution in [0.3, 0.4) is 0 Å². The first-order chi connectivity index (χ1) is 20.9. The van der Waals surface area contributed by atoms with E-state index >= 15 is 4.39 Å². The quantitative estimate of drug-likeness (QED) is 0.217. The average Bonchev–Trinajstić information content (AvgIpc) is 3.48. The number of amides is 1. The van der Waals surface area contributed by atoms with E-state index in [9.17, 15) is 4.79 Å². The van der Waals surface area contributed by atoms with Gasteiger partial charge in [-0.2, -0.15) is 0 Å². The van der Waals surface area contributed by atoms with E-state index in [2.05, 4.69) is 37.0 Å². The van der Waals surface area contributed by atoms with E-state index in [1.807, 2.05) is 0 Å². The van der Waals surface area contributed by atoms with Gasteiger partial charge in [-0.25, -0.2) is 19.3 Å². The molecule has 14 heteroatoms. The van der Waals surface area contributed by atoms with Gasteiger partial charge in [0.2, 0.25) is 11.8 Å². The van der Waals surface area contributed by atoms with Gasteiger partial charge in [0.25, 0.3) is 5.19 Å². The summed E-state index contributed by atoms with van der Waals surface area (Å²) in [6.45, 7) is 4.37. The van der Waals surface area contributed by atoms with Gasteiger partial charge < -0.3 is 29.2 Å². The molecule has 0 atom stereocenters. The Hall–Kier alpha value is -5.37. The van der Waals surface area contributed by atoms with Gasteiger partial charge in [-0.15, -0.1) is 10.2 Å². The number of nitrogens with zero attached hydrogens (tertiary/aromatic N) is 6. The lowest BCUT2D eigenvalue weighted by Gasteiger charge is -2.38. The molecule has 12 nitrogen and oxygen atoms in total. The molecule has 0 radical (unpaired) electrons.